The minimum absolute atomic E-state index is 0.0218. The molecule has 1 saturated carbocycles. The zero-order valence-electron chi connectivity index (χ0n) is 12.2. The Morgan fingerprint density at radius 3 is 2.62 bits per heavy atom. The molecule has 6 heteroatoms. The number of hydrogen-bond acceptors (Lipinski definition) is 4. The Bertz CT molecular complexity index is 537. The predicted octanol–water partition coefficient (Wildman–Crippen LogP) is 2.61. The van der Waals surface area contributed by atoms with E-state index < -0.39 is 4.92 Å². The third-order valence-corrected chi connectivity index (χ3v) is 4.31. The Hall–Kier alpha value is -1.95. The van der Waals surface area contributed by atoms with Crippen LogP contribution >= 0.6 is 0 Å². The molecule has 0 spiro atoms. The summed E-state index contributed by atoms with van der Waals surface area (Å²) in [6.45, 7) is 2.33. The first-order chi connectivity index (χ1) is 10.0. The van der Waals surface area contributed by atoms with Gasteiger partial charge in [0.05, 0.1) is 16.2 Å². The molecule has 0 saturated heterocycles. The highest BCUT2D eigenvalue weighted by Gasteiger charge is 2.26. The zero-order chi connectivity index (χ0) is 15.4. The summed E-state index contributed by atoms with van der Waals surface area (Å²) in [5.74, 6) is 0.453. The number of amides is 1. The maximum Gasteiger partial charge on any atom is 0.274 e. The second-order valence-electron chi connectivity index (χ2n) is 5.65. The molecule has 0 unspecified atom stereocenters. The average Bonchev–Trinajstić information content (AvgIpc) is 2.49. The van der Waals surface area contributed by atoms with Gasteiger partial charge in [-0.1, -0.05) is 6.07 Å². The van der Waals surface area contributed by atoms with Gasteiger partial charge in [-0.2, -0.15) is 0 Å². The fraction of sp³-hybridized carbons (Fsp3) is 0.533. The smallest absolute Gasteiger partial charge is 0.274 e. The third-order valence-electron chi connectivity index (χ3n) is 4.31. The molecule has 0 aliphatic heterocycles. The molecule has 114 valence electrons. The molecular formula is C15H21N3O3. The van der Waals surface area contributed by atoms with E-state index >= 15 is 0 Å². The summed E-state index contributed by atoms with van der Waals surface area (Å²) in [6, 6.07) is 4.73. The monoisotopic (exact) mass is 291 g/mol. The molecular weight excluding hydrogens is 270 g/mol. The van der Waals surface area contributed by atoms with Gasteiger partial charge in [0.2, 0.25) is 5.91 Å². The van der Waals surface area contributed by atoms with E-state index in [2.05, 4.69) is 5.32 Å². The van der Waals surface area contributed by atoms with Gasteiger partial charge in [0.1, 0.15) is 0 Å². The Labute approximate surface area is 123 Å². The molecule has 1 aromatic carbocycles. The van der Waals surface area contributed by atoms with Crippen molar-refractivity contribution in [3.05, 3.63) is 33.9 Å². The average molecular weight is 291 g/mol. The Balaban J connectivity index is 2.03. The minimum Gasteiger partial charge on any atom is -0.330 e. The minimum atomic E-state index is -0.433. The number of carbonyl (C=O) groups excluding carboxylic acids is 1. The van der Waals surface area contributed by atoms with Crippen molar-refractivity contribution in [2.75, 3.05) is 11.9 Å². The van der Waals surface area contributed by atoms with Gasteiger partial charge in [0, 0.05) is 12.0 Å². The Morgan fingerprint density at radius 2 is 2.05 bits per heavy atom. The molecule has 0 bridgehead atoms. The van der Waals surface area contributed by atoms with Gasteiger partial charge in [-0.3, -0.25) is 14.9 Å². The van der Waals surface area contributed by atoms with E-state index in [0.717, 1.165) is 25.7 Å². The summed E-state index contributed by atoms with van der Waals surface area (Å²) in [5.41, 5.74) is 6.69. The van der Waals surface area contributed by atoms with Crippen molar-refractivity contribution in [3.63, 3.8) is 0 Å². The fourth-order valence-corrected chi connectivity index (χ4v) is 2.85. The number of benzene rings is 1. The number of carbonyl (C=O) groups is 1. The number of nitrogens with two attached hydrogens (primary N) is 1. The molecule has 2 rings (SSSR count). The van der Waals surface area contributed by atoms with Crippen LogP contribution in [0.1, 0.15) is 31.2 Å². The Kier molecular flexibility index (Phi) is 4.90. The van der Waals surface area contributed by atoms with Crippen molar-refractivity contribution < 1.29 is 9.72 Å². The van der Waals surface area contributed by atoms with Crippen LogP contribution in [0.2, 0.25) is 0 Å². The summed E-state index contributed by atoms with van der Waals surface area (Å²) >= 11 is 0. The van der Waals surface area contributed by atoms with Crippen molar-refractivity contribution in [3.8, 4) is 0 Å². The Morgan fingerprint density at radius 1 is 1.38 bits per heavy atom. The lowest BCUT2D eigenvalue weighted by molar-refractivity contribution is -0.385. The van der Waals surface area contributed by atoms with Gasteiger partial charge in [-0.25, -0.2) is 0 Å². The highest BCUT2D eigenvalue weighted by molar-refractivity contribution is 5.93. The highest BCUT2D eigenvalue weighted by atomic mass is 16.6. The van der Waals surface area contributed by atoms with Crippen LogP contribution < -0.4 is 11.1 Å². The first-order valence-corrected chi connectivity index (χ1v) is 7.28. The molecule has 0 aromatic heterocycles. The largest absolute Gasteiger partial charge is 0.330 e. The van der Waals surface area contributed by atoms with E-state index in [1.165, 1.54) is 6.07 Å². The van der Waals surface area contributed by atoms with Gasteiger partial charge in [0.15, 0.2) is 0 Å². The van der Waals surface area contributed by atoms with Crippen molar-refractivity contribution in [1.29, 1.82) is 0 Å². The van der Waals surface area contributed by atoms with Crippen molar-refractivity contribution in [2.45, 2.75) is 32.6 Å². The molecule has 1 amide bonds. The van der Waals surface area contributed by atoms with Crippen LogP contribution in [0.5, 0.6) is 0 Å². The maximum atomic E-state index is 12.3. The van der Waals surface area contributed by atoms with Crippen LogP contribution in [0.3, 0.4) is 0 Å². The number of anilines is 1. The normalized spacial score (nSPS) is 21.8. The lowest BCUT2D eigenvalue weighted by Crippen LogP contribution is -2.29. The number of nitrogens with zero attached hydrogens (tertiary/aromatic N) is 1. The number of nitro groups is 1. The molecule has 1 aromatic rings. The summed E-state index contributed by atoms with van der Waals surface area (Å²) in [7, 11) is 0. The lowest BCUT2D eigenvalue weighted by atomic mass is 9.81. The molecule has 0 radical (unpaired) electrons. The summed E-state index contributed by atoms with van der Waals surface area (Å²) < 4.78 is 0. The molecule has 0 heterocycles. The number of nitrogens with one attached hydrogen (secondary N) is 1. The second kappa shape index (κ2) is 6.67. The van der Waals surface area contributed by atoms with Crippen LogP contribution in [0.15, 0.2) is 18.2 Å². The van der Waals surface area contributed by atoms with E-state index in [1.54, 1.807) is 19.1 Å². The van der Waals surface area contributed by atoms with Crippen LogP contribution in [0, 0.1) is 28.9 Å². The first-order valence-electron chi connectivity index (χ1n) is 7.28. The highest BCUT2D eigenvalue weighted by Crippen LogP contribution is 2.30. The molecule has 21 heavy (non-hydrogen) atoms. The SMILES string of the molecule is Cc1c(NC(=O)C2CCC(CN)CC2)cccc1[N+](=O)[O-]. The zero-order valence-corrected chi connectivity index (χ0v) is 12.2. The lowest BCUT2D eigenvalue weighted by Gasteiger charge is -2.26. The van der Waals surface area contributed by atoms with Crippen molar-refractivity contribution in [2.24, 2.45) is 17.6 Å². The van der Waals surface area contributed by atoms with Crippen molar-refractivity contribution >= 4 is 17.3 Å². The standard InChI is InChI=1S/C15H21N3O3/c1-10-13(3-2-4-14(10)18(20)21)17-15(19)12-7-5-11(9-16)6-8-12/h2-4,11-12H,5-9,16H2,1H3,(H,17,19). The van der Waals surface area contributed by atoms with E-state index in [-0.39, 0.29) is 17.5 Å². The molecule has 1 aliphatic rings. The fourth-order valence-electron chi connectivity index (χ4n) is 2.85. The third kappa shape index (κ3) is 3.58. The van der Waals surface area contributed by atoms with E-state index in [4.69, 9.17) is 5.73 Å². The van der Waals surface area contributed by atoms with Crippen molar-refractivity contribution in [1.82, 2.24) is 0 Å². The van der Waals surface area contributed by atoms with Crippen LogP contribution in [-0.2, 0) is 4.79 Å². The predicted molar refractivity (Wildman–Crippen MR) is 81.0 cm³/mol. The first kappa shape index (κ1) is 15.4. The topological polar surface area (TPSA) is 98.3 Å². The number of hydrogen-bond donors (Lipinski definition) is 2. The molecule has 1 fully saturated rings. The van der Waals surface area contributed by atoms with Gasteiger partial charge >= 0.3 is 0 Å². The molecule has 1 aliphatic carbocycles. The van der Waals surface area contributed by atoms with Crippen LogP contribution in [0.25, 0.3) is 0 Å². The molecule has 6 nitrogen and oxygen atoms in total. The maximum absolute atomic E-state index is 12.3. The van der Waals surface area contributed by atoms with E-state index in [1.807, 2.05) is 0 Å². The van der Waals surface area contributed by atoms with Gasteiger partial charge in [-0.15, -0.1) is 0 Å². The molecule has 3 N–H and O–H groups in total. The van der Waals surface area contributed by atoms with E-state index in [0.29, 0.717) is 23.7 Å². The quantitative estimate of drug-likeness (QED) is 0.658. The summed E-state index contributed by atoms with van der Waals surface area (Å²) in [6.07, 6.45) is 3.62. The number of rotatable bonds is 4. The summed E-state index contributed by atoms with van der Waals surface area (Å²) in [5, 5.41) is 13.7. The second-order valence-corrected chi connectivity index (χ2v) is 5.65. The molecule has 0 atom stereocenters. The van der Waals surface area contributed by atoms with Gasteiger partial charge in [0.25, 0.3) is 5.69 Å². The van der Waals surface area contributed by atoms with Crippen LogP contribution in [-0.4, -0.2) is 17.4 Å². The number of nitro benzene ring substituents is 1. The van der Waals surface area contributed by atoms with E-state index in [9.17, 15) is 14.9 Å². The van der Waals surface area contributed by atoms with Gasteiger partial charge < -0.3 is 11.1 Å². The van der Waals surface area contributed by atoms with Gasteiger partial charge in [-0.05, 0) is 51.1 Å². The summed E-state index contributed by atoms with van der Waals surface area (Å²) in [4.78, 5) is 22.8. The van der Waals surface area contributed by atoms with Crippen LogP contribution in [0.4, 0.5) is 11.4 Å².